The van der Waals surface area contributed by atoms with Gasteiger partial charge in [-0.05, 0) is 37.3 Å². The van der Waals surface area contributed by atoms with E-state index in [1.54, 1.807) is 0 Å². The lowest BCUT2D eigenvalue weighted by atomic mass is 9.90. The third-order valence-electron chi connectivity index (χ3n) is 4.48. The van der Waals surface area contributed by atoms with Gasteiger partial charge in [-0.25, -0.2) is 13.1 Å². The van der Waals surface area contributed by atoms with Gasteiger partial charge in [0.1, 0.15) is 0 Å². The normalized spacial score (nSPS) is 17.4. The molecule has 1 aliphatic carbocycles. The Morgan fingerprint density at radius 3 is 2.62 bits per heavy atom. The summed E-state index contributed by atoms with van der Waals surface area (Å²) in [6.45, 7) is 2.41. The fraction of sp³-hybridized carbons (Fsp3) is 0.500. The smallest absolute Gasteiger partial charge is 0.256 e. The second kappa shape index (κ2) is 5.81. The second-order valence-electron chi connectivity index (χ2n) is 5.98. The average molecular weight is 306 g/mol. The van der Waals surface area contributed by atoms with Crippen molar-refractivity contribution in [2.24, 2.45) is 5.92 Å². The number of H-pyrrole nitrogens is 1. The van der Waals surface area contributed by atoms with E-state index in [0.717, 1.165) is 29.3 Å². The van der Waals surface area contributed by atoms with Gasteiger partial charge in [-0.3, -0.25) is 0 Å². The molecule has 21 heavy (non-hydrogen) atoms. The van der Waals surface area contributed by atoms with Crippen LogP contribution in [0.3, 0.4) is 0 Å². The topological polar surface area (TPSA) is 62.0 Å². The number of benzene rings is 1. The lowest BCUT2D eigenvalue weighted by Gasteiger charge is -2.21. The van der Waals surface area contributed by atoms with Crippen LogP contribution in [0.4, 0.5) is 0 Å². The predicted octanol–water partition coefficient (Wildman–Crippen LogP) is 3.33. The second-order valence-corrected chi connectivity index (χ2v) is 7.68. The minimum absolute atomic E-state index is 0.305. The van der Waals surface area contributed by atoms with Crippen molar-refractivity contribution in [2.45, 2.75) is 44.1 Å². The molecule has 1 heterocycles. The number of hydrogen-bond donors (Lipinski definition) is 2. The summed E-state index contributed by atoms with van der Waals surface area (Å²) in [6.07, 6.45) is 5.99. The molecular formula is C16H22N2O2S. The molecule has 4 nitrogen and oxygen atoms in total. The highest BCUT2D eigenvalue weighted by Gasteiger charge is 2.22. The average Bonchev–Trinajstić information content (AvgIpc) is 2.85. The molecule has 0 spiro atoms. The van der Waals surface area contributed by atoms with E-state index < -0.39 is 10.0 Å². The van der Waals surface area contributed by atoms with Gasteiger partial charge in [-0.15, -0.1) is 0 Å². The van der Waals surface area contributed by atoms with Crippen molar-refractivity contribution in [3.8, 4) is 0 Å². The minimum Gasteiger partial charge on any atom is -0.344 e. The maximum atomic E-state index is 12.5. The summed E-state index contributed by atoms with van der Waals surface area (Å²) < 4.78 is 27.8. The Morgan fingerprint density at radius 2 is 1.90 bits per heavy atom. The van der Waals surface area contributed by atoms with Crippen LogP contribution in [-0.2, 0) is 10.0 Å². The van der Waals surface area contributed by atoms with Crippen molar-refractivity contribution >= 4 is 20.9 Å². The van der Waals surface area contributed by atoms with Crippen molar-refractivity contribution in [2.75, 3.05) is 6.54 Å². The van der Waals surface area contributed by atoms with Gasteiger partial charge in [0.2, 0.25) is 0 Å². The third-order valence-corrected chi connectivity index (χ3v) is 5.97. The van der Waals surface area contributed by atoms with Crippen LogP contribution in [0, 0.1) is 12.8 Å². The summed E-state index contributed by atoms with van der Waals surface area (Å²) >= 11 is 0. The largest absolute Gasteiger partial charge is 0.344 e. The molecule has 0 atom stereocenters. The highest BCUT2D eigenvalue weighted by atomic mass is 32.2. The van der Waals surface area contributed by atoms with Crippen LogP contribution in [0.15, 0.2) is 29.3 Å². The van der Waals surface area contributed by atoms with E-state index >= 15 is 0 Å². The standard InChI is InChI=1S/C16H22N2O2S/c1-12-14-9-5-6-10-15(14)18-16(12)21(19,20)17-11-13-7-3-2-4-8-13/h5-6,9-10,13,17-18H,2-4,7-8,11H2,1H3. The molecule has 0 aliphatic heterocycles. The van der Waals surface area contributed by atoms with Crippen LogP contribution >= 0.6 is 0 Å². The number of sulfonamides is 1. The summed E-state index contributed by atoms with van der Waals surface area (Å²) in [7, 11) is -3.46. The number of nitrogens with one attached hydrogen (secondary N) is 2. The summed E-state index contributed by atoms with van der Waals surface area (Å²) in [4.78, 5) is 3.04. The molecule has 1 fully saturated rings. The quantitative estimate of drug-likeness (QED) is 0.910. The van der Waals surface area contributed by atoms with Crippen LogP contribution in [0.2, 0.25) is 0 Å². The Bertz CT molecular complexity index is 728. The van der Waals surface area contributed by atoms with E-state index in [1.165, 1.54) is 19.3 Å². The molecule has 1 saturated carbocycles. The molecule has 5 heteroatoms. The fourth-order valence-corrected chi connectivity index (χ4v) is 4.57. The fourth-order valence-electron chi connectivity index (χ4n) is 3.22. The zero-order valence-corrected chi connectivity index (χ0v) is 13.2. The van der Waals surface area contributed by atoms with Gasteiger partial charge in [-0.1, -0.05) is 37.5 Å². The first kappa shape index (κ1) is 14.6. The van der Waals surface area contributed by atoms with E-state index in [4.69, 9.17) is 0 Å². The van der Waals surface area contributed by atoms with E-state index in [9.17, 15) is 8.42 Å². The number of aromatic amines is 1. The molecular weight excluding hydrogens is 284 g/mol. The van der Waals surface area contributed by atoms with Gasteiger partial charge in [0.25, 0.3) is 10.0 Å². The zero-order chi connectivity index (χ0) is 14.9. The molecule has 0 unspecified atom stereocenters. The molecule has 0 radical (unpaired) electrons. The van der Waals surface area contributed by atoms with E-state index in [1.807, 2.05) is 31.2 Å². The number of hydrogen-bond acceptors (Lipinski definition) is 2. The van der Waals surface area contributed by atoms with E-state index in [0.29, 0.717) is 17.5 Å². The molecule has 1 aromatic heterocycles. The highest BCUT2D eigenvalue weighted by Crippen LogP contribution is 2.26. The van der Waals surface area contributed by atoms with E-state index in [-0.39, 0.29) is 0 Å². The lowest BCUT2D eigenvalue weighted by Crippen LogP contribution is -2.30. The predicted molar refractivity (Wildman–Crippen MR) is 84.8 cm³/mol. The number of para-hydroxylation sites is 1. The monoisotopic (exact) mass is 306 g/mol. The first-order valence-electron chi connectivity index (χ1n) is 7.65. The van der Waals surface area contributed by atoms with Gasteiger partial charge in [-0.2, -0.15) is 0 Å². The van der Waals surface area contributed by atoms with Crippen molar-refractivity contribution in [1.29, 1.82) is 0 Å². The SMILES string of the molecule is Cc1c(S(=O)(=O)NCC2CCCCC2)[nH]c2ccccc12. The molecule has 0 amide bonds. The Hall–Kier alpha value is -1.33. The summed E-state index contributed by atoms with van der Waals surface area (Å²) in [5, 5.41) is 1.27. The molecule has 2 N–H and O–H groups in total. The maximum absolute atomic E-state index is 12.5. The van der Waals surface area contributed by atoms with Gasteiger partial charge >= 0.3 is 0 Å². The third kappa shape index (κ3) is 2.99. The number of aryl methyl sites for hydroxylation is 1. The number of rotatable bonds is 4. The van der Waals surface area contributed by atoms with Crippen LogP contribution in [0.5, 0.6) is 0 Å². The van der Waals surface area contributed by atoms with Crippen LogP contribution < -0.4 is 4.72 Å². The molecule has 3 rings (SSSR count). The van der Waals surface area contributed by atoms with E-state index in [2.05, 4.69) is 9.71 Å². The molecule has 2 aromatic rings. The summed E-state index contributed by atoms with van der Waals surface area (Å²) in [5.74, 6) is 0.484. The Balaban J connectivity index is 1.81. The number of aromatic nitrogens is 1. The summed E-state index contributed by atoms with van der Waals surface area (Å²) in [6, 6.07) is 7.68. The van der Waals surface area contributed by atoms with Gasteiger partial charge in [0.15, 0.2) is 5.03 Å². The maximum Gasteiger partial charge on any atom is 0.256 e. The highest BCUT2D eigenvalue weighted by molar-refractivity contribution is 7.89. The van der Waals surface area contributed by atoms with Crippen LogP contribution in [-0.4, -0.2) is 19.9 Å². The van der Waals surface area contributed by atoms with Gasteiger partial charge < -0.3 is 4.98 Å². The molecule has 114 valence electrons. The zero-order valence-electron chi connectivity index (χ0n) is 12.4. The van der Waals surface area contributed by atoms with Crippen molar-refractivity contribution in [3.63, 3.8) is 0 Å². The Kier molecular flexibility index (Phi) is 4.04. The first-order valence-corrected chi connectivity index (χ1v) is 9.13. The van der Waals surface area contributed by atoms with Crippen molar-refractivity contribution < 1.29 is 8.42 Å². The molecule has 0 saturated heterocycles. The van der Waals surface area contributed by atoms with Crippen molar-refractivity contribution in [3.05, 3.63) is 29.8 Å². The Labute approximate surface area is 126 Å². The lowest BCUT2D eigenvalue weighted by molar-refractivity contribution is 0.357. The molecule has 1 aromatic carbocycles. The van der Waals surface area contributed by atoms with Crippen LogP contribution in [0.1, 0.15) is 37.7 Å². The van der Waals surface area contributed by atoms with Gasteiger partial charge in [0, 0.05) is 17.4 Å². The summed E-state index contributed by atoms with van der Waals surface area (Å²) in [5.41, 5.74) is 1.66. The first-order chi connectivity index (χ1) is 10.1. The van der Waals surface area contributed by atoms with Crippen LogP contribution in [0.25, 0.3) is 10.9 Å². The van der Waals surface area contributed by atoms with Gasteiger partial charge in [0.05, 0.1) is 0 Å². The Morgan fingerprint density at radius 1 is 1.19 bits per heavy atom. The van der Waals surface area contributed by atoms with Crippen molar-refractivity contribution in [1.82, 2.24) is 9.71 Å². The number of fused-ring (bicyclic) bond motifs is 1. The molecule has 1 aliphatic rings. The molecule has 0 bridgehead atoms. The minimum atomic E-state index is -3.46.